The van der Waals surface area contributed by atoms with Gasteiger partial charge in [-0.25, -0.2) is 0 Å². The van der Waals surface area contributed by atoms with Gasteiger partial charge in [0.25, 0.3) is 0 Å². The maximum absolute atomic E-state index is 13.6. The van der Waals surface area contributed by atoms with Crippen LogP contribution in [0.3, 0.4) is 0 Å². The van der Waals surface area contributed by atoms with Gasteiger partial charge >= 0.3 is 0 Å². The summed E-state index contributed by atoms with van der Waals surface area (Å²) in [6.45, 7) is 11.1. The van der Waals surface area contributed by atoms with Crippen LogP contribution in [0.5, 0.6) is 0 Å². The molecule has 1 heterocycles. The molecule has 1 aliphatic heterocycles. The van der Waals surface area contributed by atoms with Crippen LogP contribution >= 0.6 is 0 Å². The van der Waals surface area contributed by atoms with Crippen LogP contribution in [0.15, 0.2) is 0 Å². The number of hydrogen-bond donors (Lipinski definition) is 0. The van der Waals surface area contributed by atoms with E-state index in [0.29, 0.717) is 17.2 Å². The van der Waals surface area contributed by atoms with E-state index in [2.05, 4.69) is 25.7 Å². The molecular formula is C29H49NO2. The molecule has 0 spiro atoms. The molecular weight excluding hydrogens is 394 g/mol. The van der Waals surface area contributed by atoms with Crippen LogP contribution in [0.4, 0.5) is 0 Å². The molecule has 3 nitrogen and oxygen atoms in total. The molecule has 182 valence electrons. The Balaban J connectivity index is 1.32. The van der Waals surface area contributed by atoms with E-state index in [0.717, 1.165) is 55.9 Å². The van der Waals surface area contributed by atoms with Crippen LogP contribution in [-0.4, -0.2) is 37.1 Å². The fourth-order valence-corrected chi connectivity index (χ4v) is 10.0. The molecule has 1 saturated heterocycles. The van der Waals surface area contributed by atoms with Gasteiger partial charge in [0, 0.05) is 32.2 Å². The minimum atomic E-state index is 0.267. The Morgan fingerprint density at radius 1 is 0.938 bits per heavy atom. The van der Waals surface area contributed by atoms with E-state index in [1.807, 2.05) is 0 Å². The van der Waals surface area contributed by atoms with Gasteiger partial charge < -0.3 is 9.64 Å². The summed E-state index contributed by atoms with van der Waals surface area (Å²) < 4.78 is 5.84. The highest BCUT2D eigenvalue weighted by Gasteiger charge is 2.62. The Morgan fingerprint density at radius 2 is 1.75 bits per heavy atom. The van der Waals surface area contributed by atoms with Gasteiger partial charge in [-0.05, 0) is 131 Å². The van der Waals surface area contributed by atoms with Gasteiger partial charge in [-0.3, -0.25) is 4.79 Å². The average Bonchev–Trinajstić information content (AvgIpc) is 3.19. The lowest BCUT2D eigenvalue weighted by atomic mass is 9.43. The number of fused-ring (bicyclic) bond motifs is 5. The maximum Gasteiger partial charge on any atom is 0.226 e. The fourth-order valence-electron chi connectivity index (χ4n) is 10.0. The van der Waals surface area contributed by atoms with Crippen LogP contribution in [0, 0.1) is 46.3 Å². The Hall–Kier alpha value is -0.570. The first kappa shape index (κ1) is 23.2. The number of piperidine rings is 1. The predicted octanol–water partition coefficient (Wildman–Crippen LogP) is 6.70. The zero-order chi connectivity index (χ0) is 22.3. The van der Waals surface area contributed by atoms with Crippen molar-refractivity contribution in [3.05, 3.63) is 0 Å². The van der Waals surface area contributed by atoms with Crippen LogP contribution < -0.4 is 0 Å². The molecule has 3 heteroatoms. The van der Waals surface area contributed by atoms with Gasteiger partial charge in [0.2, 0.25) is 5.91 Å². The third kappa shape index (κ3) is 3.68. The minimum absolute atomic E-state index is 0.267. The first-order chi connectivity index (χ1) is 15.5. The van der Waals surface area contributed by atoms with Crippen molar-refractivity contribution in [1.29, 1.82) is 0 Å². The summed E-state index contributed by atoms with van der Waals surface area (Å²) in [5, 5.41) is 0. The lowest BCUT2D eigenvalue weighted by molar-refractivity contribution is -0.151. The smallest absolute Gasteiger partial charge is 0.226 e. The van der Waals surface area contributed by atoms with E-state index >= 15 is 0 Å². The zero-order valence-electron chi connectivity index (χ0n) is 21.2. The van der Waals surface area contributed by atoms with E-state index in [1.165, 1.54) is 83.5 Å². The summed E-state index contributed by atoms with van der Waals surface area (Å²) in [5.74, 6) is 5.15. The van der Waals surface area contributed by atoms with E-state index in [-0.39, 0.29) is 5.41 Å². The van der Waals surface area contributed by atoms with Gasteiger partial charge in [0.1, 0.15) is 0 Å². The number of amides is 1. The van der Waals surface area contributed by atoms with Crippen molar-refractivity contribution in [1.82, 2.24) is 4.90 Å². The van der Waals surface area contributed by atoms with Gasteiger partial charge in [-0.2, -0.15) is 0 Å². The molecule has 0 bridgehead atoms. The molecule has 5 rings (SSSR count). The molecule has 8 unspecified atom stereocenters. The second-order valence-electron chi connectivity index (χ2n) is 12.6. The monoisotopic (exact) mass is 443 g/mol. The normalized spacial score (nSPS) is 46.3. The fraction of sp³-hybridized carbons (Fsp3) is 0.966. The number of rotatable bonds is 5. The van der Waals surface area contributed by atoms with Crippen molar-refractivity contribution < 1.29 is 9.53 Å². The van der Waals surface area contributed by atoms with Gasteiger partial charge in [0.15, 0.2) is 0 Å². The van der Waals surface area contributed by atoms with E-state index < -0.39 is 0 Å². The number of hydrogen-bond acceptors (Lipinski definition) is 2. The van der Waals surface area contributed by atoms with Crippen molar-refractivity contribution in [3.8, 4) is 0 Å². The molecule has 8 atom stereocenters. The molecule has 32 heavy (non-hydrogen) atoms. The molecule has 0 aromatic heterocycles. The molecule has 4 aliphatic carbocycles. The summed E-state index contributed by atoms with van der Waals surface area (Å²) >= 11 is 0. The third-order valence-corrected chi connectivity index (χ3v) is 11.7. The number of likely N-dealkylation sites (tertiary alicyclic amines) is 1. The topological polar surface area (TPSA) is 29.5 Å². The number of nitrogens with zero attached hydrogens (tertiary/aromatic N) is 1. The second-order valence-corrected chi connectivity index (χ2v) is 12.6. The number of carbonyl (C=O) groups is 1. The molecule has 4 saturated carbocycles. The zero-order valence-corrected chi connectivity index (χ0v) is 21.2. The van der Waals surface area contributed by atoms with Crippen molar-refractivity contribution in [3.63, 3.8) is 0 Å². The molecule has 5 aliphatic rings. The van der Waals surface area contributed by atoms with Crippen LogP contribution in [-0.2, 0) is 9.53 Å². The standard InChI is InChI=1S/C29H49NO2/c1-4-29-16-13-21(20-32-5-2)19-22(29)9-10-23-24-11-12-26(28(24,3)15-14-25(23)29)27(31)30-17-7-6-8-18-30/h21-26H,4-20H2,1-3H3. The number of carbonyl (C=O) groups excluding carboxylic acids is 1. The quantitative estimate of drug-likeness (QED) is 0.473. The Labute approximate surface area is 197 Å². The first-order valence-electron chi connectivity index (χ1n) is 14.4. The SMILES string of the molecule is CCOCC1CCC2(CC)C(CCC3C4CCC(C(=O)N5CCCCC5)C4(C)CCC32)C1. The van der Waals surface area contributed by atoms with Crippen LogP contribution in [0.1, 0.15) is 104 Å². The molecule has 0 aromatic carbocycles. The van der Waals surface area contributed by atoms with E-state index in [1.54, 1.807) is 0 Å². The van der Waals surface area contributed by atoms with Gasteiger partial charge in [-0.1, -0.05) is 13.8 Å². The summed E-state index contributed by atoms with van der Waals surface area (Å²) in [4.78, 5) is 15.9. The summed E-state index contributed by atoms with van der Waals surface area (Å²) in [5.41, 5.74) is 0.853. The molecule has 1 amide bonds. The van der Waals surface area contributed by atoms with E-state index in [4.69, 9.17) is 4.74 Å². The highest BCUT2D eigenvalue weighted by atomic mass is 16.5. The van der Waals surface area contributed by atoms with Crippen LogP contribution in [0.2, 0.25) is 0 Å². The number of ether oxygens (including phenoxy) is 1. The summed E-state index contributed by atoms with van der Waals surface area (Å²) in [6.07, 6.45) is 17.4. The molecule has 0 N–H and O–H groups in total. The van der Waals surface area contributed by atoms with Crippen LogP contribution in [0.25, 0.3) is 0 Å². The largest absolute Gasteiger partial charge is 0.381 e. The lowest BCUT2D eigenvalue weighted by Gasteiger charge is -2.62. The first-order valence-corrected chi connectivity index (χ1v) is 14.4. The molecule has 0 aromatic rings. The van der Waals surface area contributed by atoms with Gasteiger partial charge in [-0.15, -0.1) is 0 Å². The van der Waals surface area contributed by atoms with Crippen molar-refractivity contribution in [2.24, 2.45) is 46.3 Å². The highest BCUT2D eigenvalue weighted by Crippen LogP contribution is 2.68. The highest BCUT2D eigenvalue weighted by molar-refractivity contribution is 5.80. The van der Waals surface area contributed by atoms with Crippen molar-refractivity contribution >= 4 is 5.91 Å². The minimum Gasteiger partial charge on any atom is -0.381 e. The Morgan fingerprint density at radius 3 is 2.50 bits per heavy atom. The molecule has 0 radical (unpaired) electrons. The summed E-state index contributed by atoms with van der Waals surface area (Å²) in [6, 6.07) is 0. The summed E-state index contributed by atoms with van der Waals surface area (Å²) in [7, 11) is 0. The van der Waals surface area contributed by atoms with Crippen molar-refractivity contribution in [2.45, 2.75) is 104 Å². The van der Waals surface area contributed by atoms with Crippen molar-refractivity contribution in [2.75, 3.05) is 26.3 Å². The second kappa shape index (κ2) is 9.23. The lowest BCUT2D eigenvalue weighted by Crippen LogP contribution is -2.55. The van der Waals surface area contributed by atoms with E-state index in [9.17, 15) is 4.79 Å². The van der Waals surface area contributed by atoms with Gasteiger partial charge in [0.05, 0.1) is 0 Å². The molecule has 5 fully saturated rings. The third-order valence-electron chi connectivity index (χ3n) is 11.7. The Kier molecular flexibility index (Phi) is 6.69. The Bertz CT molecular complexity index is 672. The predicted molar refractivity (Wildman–Crippen MR) is 130 cm³/mol. The average molecular weight is 444 g/mol. The maximum atomic E-state index is 13.6.